The largest absolute Gasteiger partial charge is 0.416 e. The maximum atomic E-state index is 13.2. The number of alkyl halides is 3. The Morgan fingerprint density at radius 1 is 1.10 bits per heavy atom. The summed E-state index contributed by atoms with van der Waals surface area (Å²) in [6, 6.07) is 12.7. The Bertz CT molecular complexity index is 1040. The number of anilines is 2. The normalized spacial score (nSPS) is 14.1. The first-order valence-electron chi connectivity index (χ1n) is 10.0. The van der Waals surface area contributed by atoms with E-state index in [1.807, 2.05) is 35.2 Å². The van der Waals surface area contributed by atoms with Crippen LogP contribution < -0.4 is 10.2 Å². The molecule has 2 aromatic carbocycles. The molecule has 1 saturated heterocycles. The fourth-order valence-corrected chi connectivity index (χ4v) is 3.54. The molecule has 0 spiro atoms. The Labute approximate surface area is 177 Å². The van der Waals surface area contributed by atoms with E-state index < -0.39 is 17.6 Å². The highest BCUT2D eigenvalue weighted by molar-refractivity contribution is 5.94. The Morgan fingerprint density at radius 2 is 1.84 bits per heavy atom. The van der Waals surface area contributed by atoms with Gasteiger partial charge in [0.2, 0.25) is 17.6 Å². The van der Waals surface area contributed by atoms with Gasteiger partial charge in [0.05, 0.1) is 16.9 Å². The van der Waals surface area contributed by atoms with E-state index in [-0.39, 0.29) is 24.4 Å². The molecule has 9 heteroatoms. The van der Waals surface area contributed by atoms with Gasteiger partial charge in [0, 0.05) is 31.5 Å². The van der Waals surface area contributed by atoms with E-state index in [4.69, 9.17) is 4.52 Å². The van der Waals surface area contributed by atoms with Gasteiger partial charge in [-0.3, -0.25) is 4.79 Å². The van der Waals surface area contributed by atoms with Crippen LogP contribution in [0.25, 0.3) is 11.4 Å². The number of carbonyl (C=O) groups excluding carboxylic acids is 1. The first kappa shape index (κ1) is 20.9. The molecule has 6 nitrogen and oxygen atoms in total. The topological polar surface area (TPSA) is 71.3 Å². The summed E-state index contributed by atoms with van der Waals surface area (Å²) in [4.78, 5) is 18.7. The van der Waals surface area contributed by atoms with Crippen molar-refractivity contribution < 1.29 is 22.5 Å². The number of nitrogens with zero attached hydrogens (tertiary/aromatic N) is 3. The van der Waals surface area contributed by atoms with Crippen LogP contribution in [0.4, 0.5) is 24.5 Å². The van der Waals surface area contributed by atoms with Crippen LogP contribution in [0, 0.1) is 0 Å². The van der Waals surface area contributed by atoms with Gasteiger partial charge in [0.25, 0.3) is 0 Å². The van der Waals surface area contributed by atoms with E-state index in [1.54, 1.807) is 0 Å². The van der Waals surface area contributed by atoms with Crippen molar-refractivity contribution in [3.05, 3.63) is 60.0 Å². The number of nitrogens with one attached hydrogen (secondary N) is 1. The van der Waals surface area contributed by atoms with Crippen molar-refractivity contribution >= 4 is 17.3 Å². The third-order valence-corrected chi connectivity index (χ3v) is 5.11. The Kier molecular flexibility index (Phi) is 5.92. The average Bonchev–Trinajstić information content (AvgIpc) is 3.45. The summed E-state index contributed by atoms with van der Waals surface area (Å²) < 4.78 is 44.7. The van der Waals surface area contributed by atoms with Gasteiger partial charge >= 0.3 is 6.18 Å². The fourth-order valence-electron chi connectivity index (χ4n) is 3.54. The van der Waals surface area contributed by atoms with Gasteiger partial charge in [0.15, 0.2) is 0 Å². The van der Waals surface area contributed by atoms with Crippen LogP contribution >= 0.6 is 0 Å². The number of rotatable bonds is 6. The van der Waals surface area contributed by atoms with Gasteiger partial charge in [-0.05, 0) is 31.0 Å². The van der Waals surface area contributed by atoms with Crippen LogP contribution in [0.1, 0.15) is 30.7 Å². The first-order valence-corrected chi connectivity index (χ1v) is 10.0. The minimum Gasteiger partial charge on any atom is -0.370 e. The molecule has 31 heavy (non-hydrogen) atoms. The fraction of sp³-hybridized carbons (Fsp3) is 0.318. The van der Waals surface area contributed by atoms with Crippen LogP contribution in [-0.2, 0) is 17.4 Å². The van der Waals surface area contributed by atoms with Crippen LogP contribution in [-0.4, -0.2) is 29.1 Å². The van der Waals surface area contributed by atoms with Crippen molar-refractivity contribution in [1.29, 1.82) is 0 Å². The van der Waals surface area contributed by atoms with Gasteiger partial charge in [-0.25, -0.2) is 0 Å². The number of benzene rings is 2. The minimum atomic E-state index is -4.49. The van der Waals surface area contributed by atoms with Crippen LogP contribution in [0.5, 0.6) is 0 Å². The minimum absolute atomic E-state index is 0.00606. The number of halogens is 3. The van der Waals surface area contributed by atoms with E-state index in [1.165, 1.54) is 6.07 Å². The van der Waals surface area contributed by atoms with Crippen molar-refractivity contribution in [2.45, 2.75) is 31.9 Å². The number of aromatic nitrogens is 2. The van der Waals surface area contributed by atoms with E-state index in [0.29, 0.717) is 11.5 Å². The van der Waals surface area contributed by atoms with Gasteiger partial charge in [0.1, 0.15) is 0 Å². The maximum absolute atomic E-state index is 13.2. The van der Waals surface area contributed by atoms with E-state index >= 15 is 0 Å². The number of aryl methyl sites for hydroxylation is 1. The molecule has 0 saturated carbocycles. The molecule has 1 aliphatic rings. The lowest BCUT2D eigenvalue weighted by molar-refractivity contribution is -0.137. The number of hydrogen-bond donors (Lipinski definition) is 1. The van der Waals surface area contributed by atoms with E-state index in [2.05, 4.69) is 15.5 Å². The summed E-state index contributed by atoms with van der Waals surface area (Å²) >= 11 is 0. The Hall–Kier alpha value is -3.36. The molecule has 1 aromatic heterocycles. The average molecular weight is 430 g/mol. The van der Waals surface area contributed by atoms with Crippen molar-refractivity contribution in [2.75, 3.05) is 23.3 Å². The molecule has 162 valence electrons. The number of hydrogen-bond acceptors (Lipinski definition) is 5. The lowest BCUT2D eigenvalue weighted by Crippen LogP contribution is -2.22. The molecule has 3 aromatic rings. The molecule has 1 aliphatic heterocycles. The molecule has 0 radical (unpaired) electrons. The zero-order valence-corrected chi connectivity index (χ0v) is 16.7. The number of amides is 1. The summed E-state index contributed by atoms with van der Waals surface area (Å²) in [5, 5.41) is 6.54. The molecule has 0 aliphatic carbocycles. The quantitative estimate of drug-likeness (QED) is 0.601. The van der Waals surface area contributed by atoms with Crippen LogP contribution in [0.3, 0.4) is 0 Å². The second-order valence-corrected chi connectivity index (χ2v) is 7.35. The summed E-state index contributed by atoms with van der Waals surface area (Å²) in [6.07, 6.45) is -2.36. The lowest BCUT2D eigenvalue weighted by Gasteiger charge is -2.23. The second kappa shape index (κ2) is 8.79. The predicted octanol–water partition coefficient (Wildman–Crippen LogP) is 4.93. The first-order chi connectivity index (χ1) is 14.9. The molecule has 2 heterocycles. The SMILES string of the molecule is O=C(CCc1nc(-c2ccccc2)no1)Nc1cc(C(F)(F)F)ccc1N1CCCC1. The van der Waals surface area contributed by atoms with Gasteiger partial charge in [-0.1, -0.05) is 35.5 Å². The summed E-state index contributed by atoms with van der Waals surface area (Å²) in [6.45, 7) is 1.50. The summed E-state index contributed by atoms with van der Waals surface area (Å²) in [5.74, 6) is 0.294. The molecular weight excluding hydrogens is 409 g/mol. The Morgan fingerprint density at radius 3 is 2.55 bits per heavy atom. The highest BCUT2D eigenvalue weighted by Crippen LogP contribution is 2.36. The third-order valence-electron chi connectivity index (χ3n) is 5.11. The molecule has 0 unspecified atom stereocenters. The standard InChI is InChI=1S/C22H21F3N4O2/c23-22(24,25)16-8-9-18(29-12-4-5-13-29)17(14-16)26-19(30)10-11-20-27-21(28-31-20)15-6-2-1-3-7-15/h1-3,6-9,14H,4-5,10-13H2,(H,26,30). The second-order valence-electron chi connectivity index (χ2n) is 7.35. The molecule has 0 atom stereocenters. The van der Waals surface area contributed by atoms with Gasteiger partial charge < -0.3 is 14.7 Å². The predicted molar refractivity (Wildman–Crippen MR) is 110 cm³/mol. The van der Waals surface area contributed by atoms with Crippen molar-refractivity contribution in [3.63, 3.8) is 0 Å². The zero-order chi connectivity index (χ0) is 21.8. The molecular formula is C22H21F3N4O2. The van der Waals surface area contributed by atoms with E-state index in [0.717, 1.165) is 43.6 Å². The molecule has 1 fully saturated rings. The molecule has 1 amide bonds. The highest BCUT2D eigenvalue weighted by Gasteiger charge is 2.32. The molecule has 1 N–H and O–H groups in total. The van der Waals surface area contributed by atoms with Crippen molar-refractivity contribution in [2.24, 2.45) is 0 Å². The Balaban J connectivity index is 1.44. The van der Waals surface area contributed by atoms with Gasteiger partial charge in [-0.2, -0.15) is 18.2 Å². The van der Waals surface area contributed by atoms with Gasteiger partial charge in [-0.15, -0.1) is 0 Å². The van der Waals surface area contributed by atoms with E-state index in [9.17, 15) is 18.0 Å². The monoisotopic (exact) mass is 430 g/mol. The van der Waals surface area contributed by atoms with Crippen molar-refractivity contribution in [3.8, 4) is 11.4 Å². The van der Waals surface area contributed by atoms with Crippen LogP contribution in [0.2, 0.25) is 0 Å². The number of carbonyl (C=O) groups is 1. The smallest absolute Gasteiger partial charge is 0.370 e. The zero-order valence-electron chi connectivity index (χ0n) is 16.7. The highest BCUT2D eigenvalue weighted by atomic mass is 19.4. The maximum Gasteiger partial charge on any atom is 0.416 e. The third kappa shape index (κ3) is 5.04. The summed E-state index contributed by atoms with van der Waals surface area (Å²) in [5.41, 5.74) is 0.761. The van der Waals surface area contributed by atoms with Crippen LogP contribution in [0.15, 0.2) is 53.1 Å². The molecule has 4 rings (SSSR count). The lowest BCUT2D eigenvalue weighted by atomic mass is 10.1. The molecule has 0 bridgehead atoms. The summed E-state index contributed by atoms with van der Waals surface area (Å²) in [7, 11) is 0. The van der Waals surface area contributed by atoms with Crippen molar-refractivity contribution in [1.82, 2.24) is 10.1 Å².